The molecule has 0 spiro atoms. The SMILES string of the molecule is COc1ccc(/C=N/NC(=O)CNC(=O)COc2ccc(Cl)cc2C)cc1. The van der Waals surface area contributed by atoms with Crippen molar-refractivity contribution >= 4 is 29.6 Å². The number of benzene rings is 2. The lowest BCUT2D eigenvalue weighted by atomic mass is 10.2. The Morgan fingerprint density at radius 3 is 2.56 bits per heavy atom. The van der Waals surface area contributed by atoms with Gasteiger partial charge < -0.3 is 14.8 Å². The summed E-state index contributed by atoms with van der Waals surface area (Å²) < 4.78 is 10.5. The summed E-state index contributed by atoms with van der Waals surface area (Å²) >= 11 is 5.86. The van der Waals surface area contributed by atoms with Crippen LogP contribution in [0, 0.1) is 6.92 Å². The summed E-state index contributed by atoms with van der Waals surface area (Å²) in [4.78, 5) is 23.5. The maximum absolute atomic E-state index is 11.8. The number of nitrogens with one attached hydrogen (secondary N) is 2. The van der Waals surface area contributed by atoms with Gasteiger partial charge in [0, 0.05) is 5.02 Å². The Balaban J connectivity index is 1.69. The summed E-state index contributed by atoms with van der Waals surface area (Å²) in [5.41, 5.74) is 3.95. The van der Waals surface area contributed by atoms with Gasteiger partial charge in [0.1, 0.15) is 11.5 Å². The quantitative estimate of drug-likeness (QED) is 0.535. The molecule has 7 nitrogen and oxygen atoms in total. The zero-order valence-corrected chi connectivity index (χ0v) is 15.7. The van der Waals surface area contributed by atoms with Crippen molar-refractivity contribution in [3.8, 4) is 11.5 Å². The van der Waals surface area contributed by atoms with Crippen molar-refractivity contribution in [2.45, 2.75) is 6.92 Å². The molecule has 2 amide bonds. The van der Waals surface area contributed by atoms with E-state index in [1.165, 1.54) is 6.21 Å². The number of hydrazone groups is 1. The number of hydrogen-bond donors (Lipinski definition) is 2. The Labute approximate surface area is 162 Å². The summed E-state index contributed by atoms with van der Waals surface area (Å²) in [5, 5.41) is 6.88. The van der Waals surface area contributed by atoms with E-state index >= 15 is 0 Å². The lowest BCUT2D eigenvalue weighted by Gasteiger charge is -2.09. The van der Waals surface area contributed by atoms with Crippen molar-refractivity contribution in [3.05, 3.63) is 58.6 Å². The van der Waals surface area contributed by atoms with Gasteiger partial charge >= 0.3 is 0 Å². The standard InChI is InChI=1S/C19H20ClN3O4/c1-13-9-15(20)5-8-17(13)27-12-19(25)21-11-18(24)23-22-10-14-3-6-16(26-2)7-4-14/h3-10H,11-12H2,1-2H3,(H,21,25)(H,23,24)/b22-10+. The van der Waals surface area contributed by atoms with E-state index in [4.69, 9.17) is 21.1 Å². The van der Waals surface area contributed by atoms with Gasteiger partial charge in [0.2, 0.25) is 0 Å². The second-order valence-electron chi connectivity index (χ2n) is 5.54. The van der Waals surface area contributed by atoms with E-state index in [1.54, 1.807) is 49.6 Å². The fourth-order valence-electron chi connectivity index (χ4n) is 2.06. The maximum atomic E-state index is 11.8. The van der Waals surface area contributed by atoms with Gasteiger partial charge in [-0.15, -0.1) is 0 Å². The first-order valence-electron chi connectivity index (χ1n) is 8.09. The molecule has 2 aromatic carbocycles. The highest BCUT2D eigenvalue weighted by Crippen LogP contribution is 2.21. The smallest absolute Gasteiger partial charge is 0.259 e. The van der Waals surface area contributed by atoms with Gasteiger partial charge in [0.05, 0.1) is 19.9 Å². The number of methoxy groups -OCH3 is 1. The van der Waals surface area contributed by atoms with Crippen LogP contribution in [-0.4, -0.2) is 38.3 Å². The first-order chi connectivity index (χ1) is 13.0. The molecule has 27 heavy (non-hydrogen) atoms. The molecule has 0 saturated heterocycles. The van der Waals surface area contributed by atoms with Crippen LogP contribution < -0.4 is 20.2 Å². The molecule has 0 unspecified atom stereocenters. The van der Waals surface area contributed by atoms with E-state index in [0.717, 1.165) is 16.9 Å². The van der Waals surface area contributed by atoms with Gasteiger partial charge in [-0.25, -0.2) is 5.43 Å². The number of nitrogens with zero attached hydrogens (tertiary/aromatic N) is 1. The molecule has 2 N–H and O–H groups in total. The molecule has 0 aliphatic heterocycles. The normalized spacial score (nSPS) is 10.5. The second kappa shape index (κ2) is 10.2. The van der Waals surface area contributed by atoms with Gasteiger partial charge in [-0.2, -0.15) is 5.10 Å². The topological polar surface area (TPSA) is 89.0 Å². The van der Waals surface area contributed by atoms with Crippen molar-refractivity contribution in [2.75, 3.05) is 20.3 Å². The number of carbonyl (C=O) groups is 2. The number of amides is 2. The van der Waals surface area contributed by atoms with Crippen LogP contribution in [0.2, 0.25) is 5.02 Å². The van der Waals surface area contributed by atoms with Crippen molar-refractivity contribution in [1.29, 1.82) is 0 Å². The molecule has 0 bridgehead atoms. The Kier molecular flexibility index (Phi) is 7.63. The first-order valence-corrected chi connectivity index (χ1v) is 8.47. The van der Waals surface area contributed by atoms with Crippen LogP contribution in [0.1, 0.15) is 11.1 Å². The molecule has 0 atom stereocenters. The molecule has 0 aliphatic carbocycles. The predicted octanol–water partition coefficient (Wildman–Crippen LogP) is 2.30. The van der Waals surface area contributed by atoms with Gasteiger partial charge in [-0.05, 0) is 60.5 Å². The van der Waals surface area contributed by atoms with Crippen LogP contribution in [-0.2, 0) is 9.59 Å². The largest absolute Gasteiger partial charge is 0.497 e. The molecule has 0 heterocycles. The average molecular weight is 390 g/mol. The molecule has 2 rings (SSSR count). The summed E-state index contributed by atoms with van der Waals surface area (Å²) in [6.45, 7) is 1.42. The minimum Gasteiger partial charge on any atom is -0.497 e. The van der Waals surface area contributed by atoms with Crippen LogP contribution in [0.3, 0.4) is 0 Å². The Hall–Kier alpha value is -3.06. The van der Waals surface area contributed by atoms with Crippen molar-refractivity contribution in [2.24, 2.45) is 5.10 Å². The van der Waals surface area contributed by atoms with Crippen molar-refractivity contribution in [3.63, 3.8) is 0 Å². The van der Waals surface area contributed by atoms with Crippen LogP contribution >= 0.6 is 11.6 Å². The molecule has 0 saturated carbocycles. The third-order valence-electron chi connectivity index (χ3n) is 3.46. The predicted molar refractivity (Wildman–Crippen MR) is 103 cm³/mol. The summed E-state index contributed by atoms with van der Waals surface area (Å²) in [5.74, 6) is 0.424. The number of aryl methyl sites for hydroxylation is 1. The fourth-order valence-corrected chi connectivity index (χ4v) is 2.28. The zero-order chi connectivity index (χ0) is 19.6. The third kappa shape index (κ3) is 6.99. The van der Waals surface area contributed by atoms with Gasteiger partial charge in [-0.1, -0.05) is 11.6 Å². The zero-order valence-electron chi connectivity index (χ0n) is 15.0. The highest BCUT2D eigenvalue weighted by atomic mass is 35.5. The van der Waals surface area contributed by atoms with Gasteiger partial charge in [0.25, 0.3) is 11.8 Å². The second-order valence-corrected chi connectivity index (χ2v) is 5.98. The summed E-state index contributed by atoms with van der Waals surface area (Å²) in [6.07, 6.45) is 1.49. The molecule has 0 aromatic heterocycles. The Morgan fingerprint density at radius 1 is 1.15 bits per heavy atom. The van der Waals surface area contributed by atoms with Crippen LogP contribution in [0.15, 0.2) is 47.6 Å². The monoisotopic (exact) mass is 389 g/mol. The van der Waals surface area contributed by atoms with E-state index in [9.17, 15) is 9.59 Å². The molecule has 2 aromatic rings. The minimum absolute atomic E-state index is 0.204. The molecule has 0 aliphatic rings. The summed E-state index contributed by atoms with van der Waals surface area (Å²) in [6, 6.07) is 12.3. The highest BCUT2D eigenvalue weighted by Gasteiger charge is 2.07. The van der Waals surface area contributed by atoms with Gasteiger partial charge in [0.15, 0.2) is 6.61 Å². The number of ether oxygens (including phenoxy) is 2. The van der Waals surface area contributed by atoms with E-state index in [2.05, 4.69) is 15.8 Å². The van der Waals surface area contributed by atoms with Crippen LogP contribution in [0.5, 0.6) is 11.5 Å². The number of carbonyl (C=O) groups excluding carboxylic acids is 2. The summed E-state index contributed by atoms with van der Waals surface area (Å²) in [7, 11) is 1.58. The number of halogens is 1. The Morgan fingerprint density at radius 2 is 1.89 bits per heavy atom. The average Bonchev–Trinajstić information content (AvgIpc) is 2.66. The van der Waals surface area contributed by atoms with E-state index < -0.39 is 11.8 Å². The van der Waals surface area contributed by atoms with E-state index in [0.29, 0.717) is 10.8 Å². The molecular weight excluding hydrogens is 370 g/mol. The lowest BCUT2D eigenvalue weighted by Crippen LogP contribution is -2.37. The number of rotatable bonds is 8. The molecule has 8 heteroatoms. The molecular formula is C19H20ClN3O4. The molecule has 0 radical (unpaired) electrons. The Bertz CT molecular complexity index is 822. The minimum atomic E-state index is -0.448. The van der Waals surface area contributed by atoms with E-state index in [-0.39, 0.29) is 13.2 Å². The number of hydrogen-bond acceptors (Lipinski definition) is 5. The molecule has 0 fully saturated rings. The van der Waals surface area contributed by atoms with Crippen LogP contribution in [0.4, 0.5) is 0 Å². The fraction of sp³-hybridized carbons (Fsp3) is 0.211. The molecule has 142 valence electrons. The maximum Gasteiger partial charge on any atom is 0.259 e. The van der Waals surface area contributed by atoms with E-state index in [1.807, 2.05) is 6.92 Å². The highest BCUT2D eigenvalue weighted by molar-refractivity contribution is 6.30. The van der Waals surface area contributed by atoms with Crippen LogP contribution in [0.25, 0.3) is 0 Å². The lowest BCUT2D eigenvalue weighted by molar-refractivity contribution is -0.127. The van der Waals surface area contributed by atoms with Gasteiger partial charge in [-0.3, -0.25) is 9.59 Å². The van der Waals surface area contributed by atoms with Crippen molar-refractivity contribution < 1.29 is 19.1 Å². The third-order valence-corrected chi connectivity index (χ3v) is 3.70. The first kappa shape index (κ1) is 20.3. The van der Waals surface area contributed by atoms with Crippen molar-refractivity contribution in [1.82, 2.24) is 10.7 Å².